The van der Waals surface area contributed by atoms with Crippen molar-refractivity contribution in [2.75, 3.05) is 0 Å². The van der Waals surface area contributed by atoms with Crippen LogP contribution in [-0.2, 0) is 6.42 Å². The number of hydrogen-bond acceptors (Lipinski definition) is 3. The molecule has 1 aliphatic heterocycles. The Morgan fingerprint density at radius 1 is 1.06 bits per heavy atom. The van der Waals surface area contributed by atoms with Gasteiger partial charge in [-0.15, -0.1) is 0 Å². The molecule has 5 heteroatoms. The molecule has 0 saturated carbocycles. The summed E-state index contributed by atoms with van der Waals surface area (Å²) in [5.41, 5.74) is 7.46. The van der Waals surface area contributed by atoms with E-state index in [4.69, 9.17) is 4.99 Å². The summed E-state index contributed by atoms with van der Waals surface area (Å²) in [7, 11) is 0. The van der Waals surface area contributed by atoms with E-state index >= 15 is 0 Å². The third-order valence-corrected chi connectivity index (χ3v) is 8.96. The predicted octanol–water partition coefficient (Wildman–Crippen LogP) is 3.68. The number of aryl methyl sites for hydroxylation is 2. The van der Waals surface area contributed by atoms with Crippen LogP contribution in [0.15, 0.2) is 81.4 Å². The molecule has 0 N–H and O–H groups in total. The van der Waals surface area contributed by atoms with Crippen LogP contribution in [0.2, 0.25) is 0 Å². The molecule has 31 heavy (non-hydrogen) atoms. The second kappa shape index (κ2) is 7.45. The molecule has 2 aromatic heterocycles. The molecule has 2 aliphatic rings. The number of hydrogen-bond donors (Lipinski definition) is 0. The zero-order valence-corrected chi connectivity index (χ0v) is 19.6. The molecular formula is C26H20N2OSSe. The molecule has 0 amide bonds. The first kappa shape index (κ1) is 19.0. The van der Waals surface area contributed by atoms with Crippen LogP contribution < -0.4 is 14.0 Å². The van der Waals surface area contributed by atoms with Crippen LogP contribution in [0, 0.1) is 6.92 Å². The van der Waals surface area contributed by atoms with Gasteiger partial charge in [-0.1, -0.05) is 0 Å². The second-order valence-electron chi connectivity index (χ2n) is 8.04. The second-order valence-corrected chi connectivity index (χ2v) is 11.1. The maximum absolute atomic E-state index is 13.6. The number of fused-ring (bicyclic) bond motifs is 3. The van der Waals surface area contributed by atoms with E-state index in [0.717, 1.165) is 31.9 Å². The van der Waals surface area contributed by atoms with Gasteiger partial charge in [0.2, 0.25) is 0 Å². The zero-order chi connectivity index (χ0) is 20.9. The summed E-state index contributed by atoms with van der Waals surface area (Å²) >= 11 is 1.57. The monoisotopic (exact) mass is 488 g/mol. The first-order valence-corrected chi connectivity index (χ1v) is 13.0. The summed E-state index contributed by atoms with van der Waals surface area (Å²) in [6, 6.07) is 21.3. The average molecular weight is 487 g/mol. The Bertz CT molecular complexity index is 1500. The van der Waals surface area contributed by atoms with E-state index in [9.17, 15) is 4.79 Å². The number of thiophene rings is 1. The number of benzene rings is 2. The van der Waals surface area contributed by atoms with Gasteiger partial charge in [-0.3, -0.25) is 0 Å². The summed E-state index contributed by atoms with van der Waals surface area (Å²) in [4.78, 5) is 19.9. The van der Waals surface area contributed by atoms with Crippen molar-refractivity contribution < 1.29 is 0 Å². The Labute approximate surface area is 190 Å². The van der Waals surface area contributed by atoms with E-state index < -0.39 is 0 Å². The zero-order valence-electron chi connectivity index (χ0n) is 17.0. The average Bonchev–Trinajstić information content (AvgIpc) is 3.41. The molecule has 0 bridgehead atoms. The van der Waals surface area contributed by atoms with E-state index in [-0.39, 0.29) is 26.1 Å². The van der Waals surface area contributed by atoms with E-state index in [0.29, 0.717) is 0 Å². The van der Waals surface area contributed by atoms with Crippen molar-refractivity contribution in [1.29, 1.82) is 0 Å². The summed E-state index contributed by atoms with van der Waals surface area (Å²) in [6.45, 7) is 2.10. The predicted molar refractivity (Wildman–Crippen MR) is 127 cm³/mol. The third-order valence-electron chi connectivity index (χ3n) is 6.08. The molecule has 4 aromatic rings. The van der Waals surface area contributed by atoms with Crippen LogP contribution >= 0.6 is 11.3 Å². The van der Waals surface area contributed by atoms with Gasteiger partial charge in [0.25, 0.3) is 0 Å². The van der Waals surface area contributed by atoms with Crippen LogP contribution in [0.1, 0.15) is 39.6 Å². The van der Waals surface area contributed by atoms with E-state index in [1.807, 2.05) is 10.6 Å². The normalized spacial score (nSPS) is 17.7. The summed E-state index contributed by atoms with van der Waals surface area (Å²) in [6.07, 6.45) is 3.99. The fourth-order valence-corrected chi connectivity index (χ4v) is 7.48. The van der Waals surface area contributed by atoms with Gasteiger partial charge in [0.15, 0.2) is 0 Å². The van der Waals surface area contributed by atoms with Crippen molar-refractivity contribution in [2.45, 2.75) is 25.8 Å². The van der Waals surface area contributed by atoms with Crippen LogP contribution in [0.4, 0.5) is 0 Å². The van der Waals surface area contributed by atoms with Gasteiger partial charge in [0.1, 0.15) is 0 Å². The molecule has 3 nitrogen and oxygen atoms in total. The molecule has 0 saturated heterocycles. The van der Waals surface area contributed by atoms with Gasteiger partial charge < -0.3 is 0 Å². The molecule has 1 aliphatic carbocycles. The quantitative estimate of drug-likeness (QED) is 0.398. The first-order valence-electron chi connectivity index (χ1n) is 10.4. The molecule has 3 heterocycles. The first-order chi connectivity index (χ1) is 15.2. The van der Waals surface area contributed by atoms with Gasteiger partial charge in [-0.2, -0.15) is 0 Å². The molecule has 0 fully saturated rings. The molecule has 0 spiro atoms. The van der Waals surface area contributed by atoms with Gasteiger partial charge in [-0.05, 0) is 0 Å². The number of aromatic nitrogens is 1. The summed E-state index contributed by atoms with van der Waals surface area (Å²) in [5.74, 6) is 0. The van der Waals surface area contributed by atoms with Crippen molar-refractivity contribution in [2.24, 2.45) is 4.99 Å². The van der Waals surface area contributed by atoms with Crippen LogP contribution in [0.5, 0.6) is 0 Å². The van der Waals surface area contributed by atoms with Crippen molar-refractivity contribution in [1.82, 2.24) is 4.57 Å². The van der Waals surface area contributed by atoms with Crippen molar-refractivity contribution in [3.05, 3.63) is 118 Å². The van der Waals surface area contributed by atoms with E-state index in [1.54, 1.807) is 11.3 Å². The molecule has 152 valence electrons. The number of rotatable bonds is 2. The topological polar surface area (TPSA) is 34.4 Å². The number of nitrogens with zero attached hydrogens (tertiary/aromatic N) is 2. The van der Waals surface area contributed by atoms with Crippen LogP contribution in [0.25, 0.3) is 11.8 Å². The Hall–Kier alpha value is -2.72. The molecule has 1 atom stereocenters. The molecule has 0 radical (unpaired) electrons. The fraction of sp³-hybridized carbons (Fsp3) is 0.154. The van der Waals surface area contributed by atoms with E-state index in [2.05, 4.69) is 73.0 Å². The van der Waals surface area contributed by atoms with Crippen LogP contribution in [0.3, 0.4) is 0 Å². The van der Waals surface area contributed by atoms with Gasteiger partial charge >= 0.3 is 191 Å². The Kier molecular flexibility index (Phi) is 4.57. The molecule has 1 unspecified atom stereocenters. The molecular weight excluding hydrogens is 467 g/mol. The standard InChI is InChI=1S/C26H20N2OSSe/c1-16-8-10-18(11-9-16)24-21-13-12-17-5-2-3-7-20(17)23(21)27-26-28(24)25(29)22(31-26)15-19-6-4-14-30-19/h2-11,14-15,24H,12-13H2,1H3/b22-15-. The van der Waals surface area contributed by atoms with Gasteiger partial charge in [0, 0.05) is 0 Å². The van der Waals surface area contributed by atoms with Crippen LogP contribution in [-0.4, -0.2) is 19.1 Å². The summed E-state index contributed by atoms with van der Waals surface area (Å²) in [5, 5.41) is 2.05. The number of allylic oxidation sites excluding steroid dienone is 1. The minimum absolute atomic E-state index is 0.0694. The van der Waals surface area contributed by atoms with Crippen molar-refractivity contribution in [3.8, 4) is 0 Å². The Morgan fingerprint density at radius 3 is 2.71 bits per heavy atom. The SMILES string of the molecule is Cc1ccc(C2C3=C(N=c4[se]/c(=C\c5cccs5)c(=O)n42)c2ccccc2CC3)cc1. The van der Waals surface area contributed by atoms with E-state index in [1.165, 1.54) is 27.8 Å². The maximum atomic E-state index is 13.6. The summed E-state index contributed by atoms with van der Waals surface area (Å²) < 4.78 is 3.80. The van der Waals surface area contributed by atoms with Crippen molar-refractivity contribution >= 4 is 37.6 Å². The third kappa shape index (κ3) is 3.16. The fourth-order valence-electron chi connectivity index (χ4n) is 4.57. The Morgan fingerprint density at radius 2 is 1.90 bits per heavy atom. The van der Waals surface area contributed by atoms with Gasteiger partial charge in [0.05, 0.1) is 0 Å². The molecule has 6 rings (SSSR count). The Balaban J connectivity index is 1.65. The minimum atomic E-state index is -0.102. The van der Waals surface area contributed by atoms with Gasteiger partial charge in [-0.25, -0.2) is 0 Å². The molecule has 2 aromatic carbocycles. The van der Waals surface area contributed by atoms with Crippen molar-refractivity contribution in [3.63, 3.8) is 0 Å².